The summed E-state index contributed by atoms with van der Waals surface area (Å²) < 4.78 is 29.1. The van der Waals surface area contributed by atoms with Crippen LogP contribution in [0.3, 0.4) is 0 Å². The molecule has 7 nitrogen and oxygen atoms in total. The van der Waals surface area contributed by atoms with Crippen molar-refractivity contribution in [2.45, 2.75) is 30.1 Å². The van der Waals surface area contributed by atoms with Crippen LogP contribution in [0.5, 0.6) is 0 Å². The molecule has 2 heterocycles. The fourth-order valence-corrected chi connectivity index (χ4v) is 7.98. The van der Waals surface area contributed by atoms with Crippen LogP contribution in [-0.4, -0.2) is 75.0 Å². The summed E-state index contributed by atoms with van der Waals surface area (Å²) in [6.07, 6.45) is 3.05. The Labute approximate surface area is 234 Å². The summed E-state index contributed by atoms with van der Waals surface area (Å²) in [5.74, 6) is 0.468. The van der Waals surface area contributed by atoms with Crippen molar-refractivity contribution >= 4 is 66.8 Å². The Morgan fingerprint density at radius 3 is 2.32 bits per heavy atom. The number of hydrogen-bond acceptors (Lipinski definition) is 7. The zero-order chi connectivity index (χ0) is 26.0. The molecule has 1 aliphatic heterocycles. The highest BCUT2D eigenvalue weighted by Crippen LogP contribution is 2.35. The predicted octanol–water partition coefficient (Wildman–Crippen LogP) is 5.32. The summed E-state index contributed by atoms with van der Waals surface area (Å²) in [4.78, 5) is 23.5. The van der Waals surface area contributed by atoms with E-state index in [-0.39, 0.29) is 23.2 Å². The number of carbonyl (C=O) groups is 1. The molecule has 202 valence electrons. The minimum absolute atomic E-state index is 0. The Balaban J connectivity index is 0.00000380. The van der Waals surface area contributed by atoms with E-state index in [9.17, 15) is 13.2 Å². The number of benzene rings is 2. The van der Waals surface area contributed by atoms with Gasteiger partial charge in [0.1, 0.15) is 0 Å². The molecule has 0 N–H and O–H groups in total. The van der Waals surface area contributed by atoms with E-state index in [0.29, 0.717) is 48.7 Å². The molecule has 0 aliphatic carbocycles. The third-order valence-electron chi connectivity index (χ3n) is 6.41. The molecular weight excluding hydrogens is 548 g/mol. The van der Waals surface area contributed by atoms with Gasteiger partial charge >= 0.3 is 0 Å². The molecule has 2 atom stereocenters. The summed E-state index contributed by atoms with van der Waals surface area (Å²) in [5.41, 5.74) is 1.34. The Hall–Kier alpha value is -1.69. The second-order valence-corrected chi connectivity index (χ2v) is 13.7. The number of thioether (sulfide) groups is 1. The molecule has 1 aromatic heterocycles. The molecule has 2 unspecified atom stereocenters. The normalized spacial score (nSPS) is 18.6. The summed E-state index contributed by atoms with van der Waals surface area (Å²) >= 11 is 3.13. The average molecular weight is 583 g/mol. The highest BCUT2D eigenvalue weighted by molar-refractivity contribution is 7.98. The number of sulfonamides is 1. The third kappa shape index (κ3) is 6.66. The fourth-order valence-electron chi connectivity index (χ4n) is 4.65. The van der Waals surface area contributed by atoms with Crippen LogP contribution in [0.25, 0.3) is 10.2 Å². The second-order valence-electron chi connectivity index (χ2n) is 9.86. The molecule has 0 radical (unpaired) electrons. The lowest BCUT2D eigenvalue weighted by Gasteiger charge is -2.34. The number of hydrogen-bond donors (Lipinski definition) is 0. The van der Waals surface area contributed by atoms with Gasteiger partial charge < -0.3 is 4.90 Å². The Morgan fingerprint density at radius 1 is 1.08 bits per heavy atom. The van der Waals surface area contributed by atoms with Crippen molar-refractivity contribution in [3.63, 3.8) is 0 Å². The van der Waals surface area contributed by atoms with Crippen LogP contribution in [0.15, 0.2) is 52.3 Å². The van der Waals surface area contributed by atoms with Gasteiger partial charge in [-0.1, -0.05) is 31.3 Å². The van der Waals surface area contributed by atoms with Gasteiger partial charge in [-0.3, -0.25) is 9.69 Å². The molecule has 4 rings (SSSR count). The molecule has 11 heteroatoms. The monoisotopic (exact) mass is 582 g/mol. The minimum atomic E-state index is -3.60. The molecule has 2 aromatic carbocycles. The molecule has 0 bridgehead atoms. The Morgan fingerprint density at radius 2 is 1.73 bits per heavy atom. The number of fused-ring (bicyclic) bond motifs is 1. The summed E-state index contributed by atoms with van der Waals surface area (Å²) in [6, 6.07) is 12.4. The maximum Gasteiger partial charge on any atom is 0.260 e. The van der Waals surface area contributed by atoms with Crippen LogP contribution in [0.1, 0.15) is 30.6 Å². The Bertz CT molecular complexity index is 1320. The van der Waals surface area contributed by atoms with Crippen LogP contribution in [0, 0.1) is 11.8 Å². The molecule has 3 aromatic rings. The fraction of sp³-hybridized carbons (Fsp3) is 0.462. The van der Waals surface area contributed by atoms with Gasteiger partial charge in [-0.15, -0.1) is 24.2 Å². The van der Waals surface area contributed by atoms with Crippen molar-refractivity contribution in [3.05, 3.63) is 48.0 Å². The van der Waals surface area contributed by atoms with Crippen molar-refractivity contribution in [1.82, 2.24) is 14.2 Å². The molecule has 1 saturated heterocycles. The quantitative estimate of drug-likeness (QED) is 0.335. The lowest BCUT2D eigenvalue weighted by Crippen LogP contribution is -2.42. The van der Waals surface area contributed by atoms with Gasteiger partial charge in [-0.05, 0) is 75.0 Å². The number of amides is 1. The van der Waals surface area contributed by atoms with E-state index in [2.05, 4.69) is 13.8 Å². The second kappa shape index (κ2) is 12.4. The number of carbonyl (C=O) groups excluding carboxylic acids is 1. The minimum Gasteiger partial charge on any atom is -0.308 e. The van der Waals surface area contributed by atoms with Gasteiger partial charge in [0.05, 0.1) is 15.1 Å². The first-order chi connectivity index (χ1) is 17.1. The summed E-state index contributed by atoms with van der Waals surface area (Å²) in [7, 11) is 0.334. The number of likely N-dealkylation sites (N-methyl/N-ethyl adjacent to an activating group) is 1. The number of thiazole rings is 1. The van der Waals surface area contributed by atoms with Crippen LogP contribution >= 0.6 is 35.5 Å². The van der Waals surface area contributed by atoms with Crippen LogP contribution in [0.2, 0.25) is 0 Å². The lowest BCUT2D eigenvalue weighted by atomic mass is 9.94. The maximum absolute atomic E-state index is 13.6. The Kier molecular flexibility index (Phi) is 10.0. The van der Waals surface area contributed by atoms with E-state index in [1.54, 1.807) is 45.2 Å². The van der Waals surface area contributed by atoms with Crippen LogP contribution in [-0.2, 0) is 10.0 Å². The van der Waals surface area contributed by atoms with E-state index in [1.807, 2.05) is 43.5 Å². The molecule has 1 fully saturated rings. The van der Waals surface area contributed by atoms with E-state index in [1.165, 1.54) is 11.3 Å². The van der Waals surface area contributed by atoms with Crippen molar-refractivity contribution in [2.75, 3.05) is 51.4 Å². The lowest BCUT2D eigenvalue weighted by molar-refractivity contribution is 0.0985. The molecule has 0 saturated carbocycles. The molecule has 0 spiro atoms. The van der Waals surface area contributed by atoms with Gasteiger partial charge in [0.2, 0.25) is 10.0 Å². The van der Waals surface area contributed by atoms with E-state index >= 15 is 0 Å². The van der Waals surface area contributed by atoms with E-state index in [0.717, 1.165) is 21.5 Å². The first-order valence-electron chi connectivity index (χ1n) is 12.1. The van der Waals surface area contributed by atoms with Gasteiger partial charge in [0, 0.05) is 36.6 Å². The number of nitrogens with zero attached hydrogens (tertiary/aromatic N) is 4. The number of piperidine rings is 1. The molecular formula is C26H35ClN4O3S3. The largest absolute Gasteiger partial charge is 0.308 e. The molecule has 1 aliphatic rings. The van der Waals surface area contributed by atoms with E-state index < -0.39 is 10.0 Å². The summed E-state index contributed by atoms with van der Waals surface area (Å²) in [6.45, 7) is 6.39. The zero-order valence-corrected chi connectivity index (χ0v) is 25.1. The first kappa shape index (κ1) is 29.9. The topological polar surface area (TPSA) is 73.8 Å². The predicted molar refractivity (Wildman–Crippen MR) is 157 cm³/mol. The molecule has 1 amide bonds. The smallest absolute Gasteiger partial charge is 0.260 e. The summed E-state index contributed by atoms with van der Waals surface area (Å²) in [5, 5.41) is 0.645. The van der Waals surface area contributed by atoms with Crippen molar-refractivity contribution in [2.24, 2.45) is 11.8 Å². The SMILES string of the molecule is CSc1cccc2sc(N(CCN(C)C)C(=O)c3ccc(S(=O)(=O)N4CC(C)CC(C)C4)cc3)nc12.Cl. The highest BCUT2D eigenvalue weighted by Gasteiger charge is 2.32. The van der Waals surface area contributed by atoms with Gasteiger partial charge in [-0.2, -0.15) is 4.31 Å². The number of halogens is 1. The first-order valence-corrected chi connectivity index (χ1v) is 15.6. The van der Waals surface area contributed by atoms with Crippen LogP contribution in [0.4, 0.5) is 5.13 Å². The van der Waals surface area contributed by atoms with E-state index in [4.69, 9.17) is 4.98 Å². The zero-order valence-electron chi connectivity index (χ0n) is 21.9. The standard InChI is InChI=1S/C26H34N4O3S3.ClH/c1-18-15-19(2)17-29(16-18)36(32,33)21-11-9-20(10-12-21)25(31)30(14-13-28(3)4)26-27-24-22(34-5)7-6-8-23(24)35-26;/h6-12,18-19H,13-17H2,1-5H3;1H. The number of rotatable bonds is 8. The van der Waals surface area contributed by atoms with Gasteiger partial charge in [0.25, 0.3) is 5.91 Å². The number of para-hydroxylation sites is 1. The van der Waals surface area contributed by atoms with Gasteiger partial charge in [0.15, 0.2) is 5.13 Å². The van der Waals surface area contributed by atoms with Gasteiger partial charge in [-0.25, -0.2) is 13.4 Å². The van der Waals surface area contributed by atoms with Crippen molar-refractivity contribution in [3.8, 4) is 0 Å². The highest BCUT2D eigenvalue weighted by atomic mass is 35.5. The van der Waals surface area contributed by atoms with Crippen molar-refractivity contribution in [1.29, 1.82) is 0 Å². The number of aromatic nitrogens is 1. The maximum atomic E-state index is 13.6. The third-order valence-corrected chi connectivity index (χ3v) is 10.1. The molecule has 37 heavy (non-hydrogen) atoms. The van der Waals surface area contributed by atoms with Crippen molar-refractivity contribution < 1.29 is 13.2 Å². The van der Waals surface area contributed by atoms with Crippen LogP contribution < -0.4 is 4.90 Å². The number of anilines is 1. The average Bonchev–Trinajstić information content (AvgIpc) is 3.27.